The highest BCUT2D eigenvalue weighted by molar-refractivity contribution is 7.78. The van der Waals surface area contributed by atoms with Crippen LogP contribution in [0.4, 0.5) is 5.69 Å². The maximum absolute atomic E-state index is 9.67. The SMILES string of the molecule is Cc1cc(N=C=S)c(C(C)(C)C)cc1O. The zero-order valence-electron chi connectivity index (χ0n) is 9.46. The van der Waals surface area contributed by atoms with Crippen molar-refractivity contribution in [1.82, 2.24) is 0 Å². The normalized spacial score (nSPS) is 10.9. The molecule has 0 radical (unpaired) electrons. The van der Waals surface area contributed by atoms with Crippen LogP contribution in [-0.2, 0) is 5.41 Å². The second-order valence-corrected chi connectivity index (χ2v) is 4.79. The minimum atomic E-state index is -0.0732. The van der Waals surface area contributed by atoms with E-state index in [0.717, 1.165) is 16.8 Å². The van der Waals surface area contributed by atoms with Gasteiger partial charge in [0.1, 0.15) is 5.75 Å². The average Bonchev–Trinajstić information content (AvgIpc) is 2.09. The van der Waals surface area contributed by atoms with Crippen LogP contribution in [0.15, 0.2) is 17.1 Å². The van der Waals surface area contributed by atoms with Crippen molar-refractivity contribution >= 4 is 23.1 Å². The van der Waals surface area contributed by atoms with Gasteiger partial charge < -0.3 is 5.11 Å². The molecule has 2 nitrogen and oxygen atoms in total. The average molecular weight is 221 g/mol. The van der Waals surface area contributed by atoms with Crippen LogP contribution in [0.25, 0.3) is 0 Å². The van der Waals surface area contributed by atoms with Crippen molar-refractivity contribution in [2.24, 2.45) is 4.99 Å². The van der Waals surface area contributed by atoms with Gasteiger partial charge in [-0.1, -0.05) is 20.8 Å². The quantitative estimate of drug-likeness (QED) is 0.579. The molecular weight excluding hydrogens is 206 g/mol. The predicted molar refractivity (Wildman–Crippen MR) is 66.2 cm³/mol. The van der Waals surface area contributed by atoms with Crippen molar-refractivity contribution in [3.8, 4) is 5.75 Å². The van der Waals surface area contributed by atoms with E-state index in [9.17, 15) is 5.11 Å². The molecule has 0 atom stereocenters. The van der Waals surface area contributed by atoms with Crippen molar-refractivity contribution in [2.45, 2.75) is 33.1 Å². The molecule has 0 fully saturated rings. The summed E-state index contributed by atoms with van der Waals surface area (Å²) in [4.78, 5) is 4.03. The zero-order valence-corrected chi connectivity index (χ0v) is 10.3. The molecule has 0 heterocycles. The molecule has 0 aliphatic heterocycles. The molecule has 80 valence electrons. The molecule has 15 heavy (non-hydrogen) atoms. The van der Waals surface area contributed by atoms with E-state index in [1.54, 1.807) is 6.07 Å². The summed E-state index contributed by atoms with van der Waals surface area (Å²) in [5.41, 5.74) is 2.48. The first kappa shape index (κ1) is 11.9. The van der Waals surface area contributed by atoms with E-state index in [4.69, 9.17) is 0 Å². The number of isothiocyanates is 1. The lowest BCUT2D eigenvalue weighted by Crippen LogP contribution is -2.11. The second kappa shape index (κ2) is 4.13. The Morgan fingerprint density at radius 2 is 1.93 bits per heavy atom. The Hall–Kier alpha value is -1.18. The molecule has 1 aromatic carbocycles. The van der Waals surface area contributed by atoms with E-state index in [2.05, 4.69) is 43.1 Å². The smallest absolute Gasteiger partial charge is 0.118 e. The second-order valence-electron chi connectivity index (χ2n) is 4.61. The highest BCUT2D eigenvalue weighted by Gasteiger charge is 2.19. The Morgan fingerprint density at radius 1 is 1.33 bits per heavy atom. The lowest BCUT2D eigenvalue weighted by molar-refractivity contribution is 0.467. The van der Waals surface area contributed by atoms with Gasteiger partial charge in [-0.15, -0.1) is 0 Å². The summed E-state index contributed by atoms with van der Waals surface area (Å²) in [6, 6.07) is 3.58. The zero-order chi connectivity index (χ0) is 11.6. The summed E-state index contributed by atoms with van der Waals surface area (Å²) in [5, 5.41) is 12.0. The molecule has 0 unspecified atom stereocenters. The Morgan fingerprint density at radius 3 is 2.40 bits per heavy atom. The molecule has 1 N–H and O–H groups in total. The highest BCUT2D eigenvalue weighted by Crippen LogP contribution is 2.35. The van der Waals surface area contributed by atoms with E-state index >= 15 is 0 Å². The van der Waals surface area contributed by atoms with Gasteiger partial charge in [0.15, 0.2) is 0 Å². The number of aromatic hydroxyl groups is 1. The number of phenols is 1. The van der Waals surface area contributed by atoms with Gasteiger partial charge in [0, 0.05) is 0 Å². The summed E-state index contributed by atoms with van der Waals surface area (Å²) >= 11 is 4.61. The number of hydrogen-bond acceptors (Lipinski definition) is 3. The first-order valence-corrected chi connectivity index (χ1v) is 5.19. The molecule has 0 aromatic heterocycles. The van der Waals surface area contributed by atoms with Crippen LogP contribution < -0.4 is 0 Å². The maximum Gasteiger partial charge on any atom is 0.118 e. The molecule has 0 spiro atoms. The fourth-order valence-corrected chi connectivity index (χ4v) is 1.52. The van der Waals surface area contributed by atoms with Crippen LogP contribution in [0, 0.1) is 6.92 Å². The molecule has 1 aromatic rings. The van der Waals surface area contributed by atoms with Gasteiger partial charge in [-0.05, 0) is 47.8 Å². The van der Waals surface area contributed by atoms with Gasteiger partial charge in [-0.25, -0.2) is 0 Å². The lowest BCUT2D eigenvalue weighted by Gasteiger charge is -2.21. The first-order chi connectivity index (χ1) is 6.86. The molecule has 0 amide bonds. The summed E-state index contributed by atoms with van der Waals surface area (Å²) in [6.45, 7) is 8.04. The minimum Gasteiger partial charge on any atom is -0.508 e. The predicted octanol–water partition coefficient (Wildman–Crippen LogP) is 3.73. The van der Waals surface area contributed by atoms with Crippen LogP contribution in [-0.4, -0.2) is 10.3 Å². The molecular formula is C12H15NOS. The Kier molecular flexibility index (Phi) is 3.28. The van der Waals surface area contributed by atoms with Crippen LogP contribution in [0.2, 0.25) is 0 Å². The van der Waals surface area contributed by atoms with Crippen LogP contribution in [0.1, 0.15) is 31.9 Å². The van der Waals surface area contributed by atoms with E-state index < -0.39 is 0 Å². The fraction of sp³-hybridized carbons (Fsp3) is 0.417. The van der Waals surface area contributed by atoms with Gasteiger partial charge in [-0.3, -0.25) is 0 Å². The van der Waals surface area contributed by atoms with Crippen molar-refractivity contribution in [2.75, 3.05) is 0 Å². The molecule has 0 aliphatic carbocycles. The van der Waals surface area contributed by atoms with Gasteiger partial charge in [0.2, 0.25) is 0 Å². The third kappa shape index (κ3) is 2.65. The number of thiocarbonyl (C=S) groups is 1. The van der Waals surface area contributed by atoms with E-state index in [-0.39, 0.29) is 5.41 Å². The number of nitrogens with zero attached hydrogens (tertiary/aromatic N) is 1. The van der Waals surface area contributed by atoms with Gasteiger partial charge >= 0.3 is 0 Å². The van der Waals surface area contributed by atoms with Crippen molar-refractivity contribution in [3.63, 3.8) is 0 Å². The first-order valence-electron chi connectivity index (χ1n) is 4.78. The molecule has 3 heteroatoms. The van der Waals surface area contributed by atoms with Crippen molar-refractivity contribution in [3.05, 3.63) is 23.3 Å². The number of aryl methyl sites for hydroxylation is 1. The van der Waals surface area contributed by atoms with E-state index in [1.807, 2.05) is 13.0 Å². The van der Waals surface area contributed by atoms with Crippen LogP contribution in [0.5, 0.6) is 5.75 Å². The van der Waals surface area contributed by atoms with E-state index in [1.165, 1.54) is 0 Å². The number of rotatable bonds is 1. The third-order valence-corrected chi connectivity index (χ3v) is 2.38. The van der Waals surface area contributed by atoms with Gasteiger partial charge in [0.05, 0.1) is 10.8 Å². The molecule has 0 saturated heterocycles. The Labute approximate surface area is 95.7 Å². The van der Waals surface area contributed by atoms with Crippen molar-refractivity contribution in [1.29, 1.82) is 0 Å². The van der Waals surface area contributed by atoms with Crippen LogP contribution in [0.3, 0.4) is 0 Å². The lowest BCUT2D eigenvalue weighted by atomic mass is 9.85. The number of phenolic OH excluding ortho intramolecular Hbond substituents is 1. The topological polar surface area (TPSA) is 32.6 Å². The van der Waals surface area contributed by atoms with Crippen LogP contribution >= 0.6 is 12.2 Å². The molecule has 1 rings (SSSR count). The van der Waals surface area contributed by atoms with Gasteiger partial charge in [-0.2, -0.15) is 4.99 Å². The Bertz CT molecular complexity index is 426. The fourth-order valence-electron chi connectivity index (χ4n) is 1.42. The summed E-state index contributed by atoms with van der Waals surface area (Å²) < 4.78 is 0. The Balaban J connectivity index is 3.48. The summed E-state index contributed by atoms with van der Waals surface area (Å²) in [7, 11) is 0. The molecule has 0 bridgehead atoms. The van der Waals surface area contributed by atoms with E-state index in [0.29, 0.717) is 5.75 Å². The van der Waals surface area contributed by atoms with Gasteiger partial charge in [0.25, 0.3) is 0 Å². The minimum absolute atomic E-state index is 0.0732. The molecule has 0 aliphatic rings. The monoisotopic (exact) mass is 221 g/mol. The summed E-state index contributed by atoms with van der Waals surface area (Å²) in [5.74, 6) is 0.295. The highest BCUT2D eigenvalue weighted by atomic mass is 32.1. The summed E-state index contributed by atoms with van der Waals surface area (Å²) in [6.07, 6.45) is 0. The van der Waals surface area contributed by atoms with Crippen molar-refractivity contribution < 1.29 is 5.11 Å². The largest absolute Gasteiger partial charge is 0.508 e. The number of benzene rings is 1. The third-order valence-electron chi connectivity index (χ3n) is 2.29. The molecule has 0 saturated carbocycles. The maximum atomic E-state index is 9.67. The standard InChI is InChI=1S/C12H15NOS/c1-8-5-10(13-7-15)9(6-11(8)14)12(2,3)4/h5-6,14H,1-4H3. The number of hydrogen-bond donors (Lipinski definition) is 1. The number of aliphatic imine (C=N–C) groups is 1.